The zero-order chi connectivity index (χ0) is 28.3. The molecular formula is C35H42FNO3. The van der Waals surface area contributed by atoms with Gasteiger partial charge in [-0.3, -0.25) is 0 Å². The van der Waals surface area contributed by atoms with Gasteiger partial charge in [-0.15, -0.1) is 0 Å². The average Bonchev–Trinajstić information content (AvgIpc) is 2.99. The van der Waals surface area contributed by atoms with Crippen LogP contribution in [-0.2, 0) is 9.53 Å². The molecule has 1 fully saturated rings. The minimum absolute atomic E-state index is 0.0606. The molecule has 4 rings (SSSR count). The molecule has 0 heterocycles. The second-order valence-electron chi connectivity index (χ2n) is 10.8. The lowest BCUT2D eigenvalue weighted by atomic mass is 9.77. The highest BCUT2D eigenvalue weighted by Crippen LogP contribution is 2.38. The first-order valence-electron chi connectivity index (χ1n) is 14.7. The number of nitrogens with two attached hydrogens (primary N) is 1. The van der Waals surface area contributed by atoms with Gasteiger partial charge in [-0.05, 0) is 78.0 Å². The smallest absolute Gasteiger partial charge is 0.334 e. The van der Waals surface area contributed by atoms with Gasteiger partial charge in [0.05, 0.1) is 0 Å². The van der Waals surface area contributed by atoms with Gasteiger partial charge in [0.25, 0.3) is 0 Å². The molecule has 0 radical (unpaired) electrons. The summed E-state index contributed by atoms with van der Waals surface area (Å²) in [6.07, 6.45) is 10.7. The van der Waals surface area contributed by atoms with Gasteiger partial charge >= 0.3 is 5.97 Å². The number of unbranched alkanes of at least 4 members (excludes halogenated alkanes) is 2. The lowest BCUT2D eigenvalue weighted by Crippen LogP contribution is -2.17. The average molecular weight is 544 g/mol. The van der Waals surface area contributed by atoms with Crippen molar-refractivity contribution in [2.24, 2.45) is 11.7 Å². The SMILES string of the molecule is C=C(CN)C(=O)OCCOc1ccc(-c2ccc(-c3ccc(C4CCC(CCCCC)CC4)cc3)cc2F)cc1. The minimum atomic E-state index is -0.522. The maximum absolute atomic E-state index is 15.2. The second kappa shape index (κ2) is 14.8. The van der Waals surface area contributed by atoms with Crippen LogP contribution >= 0.6 is 0 Å². The minimum Gasteiger partial charge on any atom is -0.490 e. The molecule has 1 aliphatic rings. The number of rotatable bonds is 13. The van der Waals surface area contributed by atoms with Crippen molar-refractivity contribution < 1.29 is 18.7 Å². The number of esters is 1. The van der Waals surface area contributed by atoms with Gasteiger partial charge in [0.15, 0.2) is 0 Å². The number of carbonyl (C=O) groups excluding carboxylic acids is 1. The Hall–Kier alpha value is -3.44. The first-order chi connectivity index (χ1) is 19.5. The first-order valence-corrected chi connectivity index (χ1v) is 14.7. The Kier molecular flexibility index (Phi) is 10.9. The van der Waals surface area contributed by atoms with E-state index in [2.05, 4.69) is 37.8 Å². The third kappa shape index (κ3) is 8.04. The molecule has 4 nitrogen and oxygen atoms in total. The molecule has 212 valence electrons. The molecule has 0 bridgehead atoms. The number of ether oxygens (including phenoxy) is 2. The van der Waals surface area contributed by atoms with Crippen molar-refractivity contribution in [3.63, 3.8) is 0 Å². The van der Waals surface area contributed by atoms with Gasteiger partial charge in [0, 0.05) is 17.7 Å². The molecule has 3 aromatic rings. The molecule has 0 spiro atoms. The van der Waals surface area contributed by atoms with Crippen LogP contribution in [0.25, 0.3) is 22.3 Å². The van der Waals surface area contributed by atoms with E-state index in [9.17, 15) is 4.79 Å². The number of hydrogen-bond donors (Lipinski definition) is 1. The van der Waals surface area contributed by atoms with Gasteiger partial charge in [-0.25, -0.2) is 9.18 Å². The van der Waals surface area contributed by atoms with E-state index >= 15 is 4.39 Å². The summed E-state index contributed by atoms with van der Waals surface area (Å²) in [4.78, 5) is 11.6. The Balaban J connectivity index is 1.30. The van der Waals surface area contributed by atoms with E-state index in [0.29, 0.717) is 17.2 Å². The standard InChI is InChI=1S/C35H42FNO3/c1-3-4-5-6-26-7-9-27(10-8-26)28-11-13-29(14-12-28)31-17-20-33(34(36)23-31)30-15-18-32(19-16-30)39-21-22-40-35(38)25(2)24-37/h11-20,23,26-27H,2-10,21-22,24,37H2,1H3. The van der Waals surface area contributed by atoms with E-state index in [4.69, 9.17) is 15.2 Å². The summed E-state index contributed by atoms with van der Waals surface area (Å²) in [5, 5.41) is 0. The Morgan fingerprint density at radius 2 is 1.57 bits per heavy atom. The molecule has 0 unspecified atom stereocenters. The van der Waals surface area contributed by atoms with Gasteiger partial charge in [0.2, 0.25) is 0 Å². The van der Waals surface area contributed by atoms with Gasteiger partial charge < -0.3 is 15.2 Å². The van der Waals surface area contributed by atoms with Gasteiger partial charge in [-0.2, -0.15) is 0 Å². The number of hydrogen-bond acceptors (Lipinski definition) is 4. The topological polar surface area (TPSA) is 61.6 Å². The summed E-state index contributed by atoms with van der Waals surface area (Å²) >= 11 is 0. The Labute approximate surface area is 238 Å². The summed E-state index contributed by atoms with van der Waals surface area (Å²) < 4.78 is 25.8. The van der Waals surface area contributed by atoms with Crippen LogP contribution in [0.1, 0.15) is 69.8 Å². The highest BCUT2D eigenvalue weighted by Gasteiger charge is 2.22. The molecule has 0 amide bonds. The fourth-order valence-corrected chi connectivity index (χ4v) is 5.55. The van der Waals surface area contributed by atoms with Crippen molar-refractivity contribution in [2.45, 2.75) is 64.2 Å². The van der Waals surface area contributed by atoms with Crippen LogP contribution in [0.4, 0.5) is 4.39 Å². The zero-order valence-corrected chi connectivity index (χ0v) is 23.7. The van der Waals surface area contributed by atoms with Gasteiger partial charge in [-0.1, -0.05) is 87.7 Å². The van der Waals surface area contributed by atoms with Crippen molar-refractivity contribution in [1.82, 2.24) is 0 Å². The number of halogens is 1. The Morgan fingerprint density at radius 3 is 2.23 bits per heavy atom. The molecule has 0 aromatic heterocycles. The maximum Gasteiger partial charge on any atom is 0.334 e. The third-order valence-electron chi connectivity index (χ3n) is 8.03. The van der Waals surface area contributed by atoms with Crippen LogP contribution in [0.5, 0.6) is 5.75 Å². The Bertz CT molecular complexity index is 1240. The predicted octanol–water partition coefficient (Wildman–Crippen LogP) is 8.45. The monoisotopic (exact) mass is 543 g/mol. The zero-order valence-electron chi connectivity index (χ0n) is 23.7. The number of carbonyl (C=O) groups is 1. The van der Waals surface area contributed by atoms with Crippen molar-refractivity contribution in [3.8, 4) is 28.0 Å². The summed E-state index contributed by atoms with van der Waals surface area (Å²) in [6, 6.07) is 21.3. The van der Waals surface area contributed by atoms with Crippen LogP contribution in [-0.4, -0.2) is 25.7 Å². The lowest BCUT2D eigenvalue weighted by molar-refractivity contribution is -0.139. The van der Waals surface area contributed by atoms with Gasteiger partial charge in [0.1, 0.15) is 24.8 Å². The van der Waals surface area contributed by atoms with Crippen LogP contribution in [0.2, 0.25) is 0 Å². The molecule has 0 saturated heterocycles. The van der Waals surface area contributed by atoms with E-state index in [0.717, 1.165) is 22.6 Å². The van der Waals surface area contributed by atoms with E-state index < -0.39 is 5.97 Å². The van der Waals surface area contributed by atoms with Crippen LogP contribution < -0.4 is 10.5 Å². The second-order valence-corrected chi connectivity index (χ2v) is 10.8. The van der Waals surface area contributed by atoms with E-state index in [1.165, 1.54) is 56.9 Å². The molecule has 1 saturated carbocycles. The normalized spacial score (nSPS) is 16.9. The van der Waals surface area contributed by atoms with E-state index in [-0.39, 0.29) is 31.1 Å². The van der Waals surface area contributed by atoms with Crippen molar-refractivity contribution in [1.29, 1.82) is 0 Å². The molecule has 2 N–H and O–H groups in total. The Morgan fingerprint density at radius 1 is 0.900 bits per heavy atom. The quantitative estimate of drug-likeness (QED) is 0.133. The molecule has 40 heavy (non-hydrogen) atoms. The summed E-state index contributed by atoms with van der Waals surface area (Å²) in [5.41, 5.74) is 10.2. The molecule has 0 aliphatic heterocycles. The van der Waals surface area contributed by atoms with E-state index in [1.54, 1.807) is 18.2 Å². The summed E-state index contributed by atoms with van der Waals surface area (Å²) in [5.74, 6) is 1.38. The molecule has 0 atom stereocenters. The molecule has 5 heteroatoms. The van der Waals surface area contributed by atoms with Crippen LogP contribution in [0.3, 0.4) is 0 Å². The molecular weight excluding hydrogens is 501 g/mol. The molecule has 1 aliphatic carbocycles. The van der Waals surface area contributed by atoms with Crippen molar-refractivity contribution >= 4 is 5.97 Å². The molecule has 3 aromatic carbocycles. The highest BCUT2D eigenvalue weighted by atomic mass is 19.1. The summed E-state index contributed by atoms with van der Waals surface area (Å²) in [6.45, 7) is 6.17. The van der Waals surface area contributed by atoms with Crippen molar-refractivity contribution in [2.75, 3.05) is 19.8 Å². The van der Waals surface area contributed by atoms with Crippen molar-refractivity contribution in [3.05, 3.63) is 90.3 Å². The highest BCUT2D eigenvalue weighted by molar-refractivity contribution is 5.88. The van der Waals surface area contributed by atoms with Crippen LogP contribution in [0, 0.1) is 11.7 Å². The fourth-order valence-electron chi connectivity index (χ4n) is 5.55. The largest absolute Gasteiger partial charge is 0.490 e. The summed E-state index contributed by atoms with van der Waals surface area (Å²) in [7, 11) is 0. The maximum atomic E-state index is 15.2. The van der Waals surface area contributed by atoms with Crippen LogP contribution in [0.15, 0.2) is 78.9 Å². The number of benzene rings is 3. The lowest BCUT2D eigenvalue weighted by Gasteiger charge is -2.29. The fraction of sp³-hybridized carbons (Fsp3) is 0.400. The third-order valence-corrected chi connectivity index (χ3v) is 8.03. The predicted molar refractivity (Wildman–Crippen MR) is 161 cm³/mol. The first kappa shape index (κ1) is 29.5. The van der Waals surface area contributed by atoms with E-state index in [1.807, 2.05) is 24.3 Å².